The largest absolute Gasteiger partial charge is 0.324 e. The van der Waals surface area contributed by atoms with Gasteiger partial charge in [0.15, 0.2) is 0 Å². The lowest BCUT2D eigenvalue weighted by molar-refractivity contribution is -0.120. The fourth-order valence-electron chi connectivity index (χ4n) is 4.30. The molecule has 180 valence electrons. The lowest BCUT2D eigenvalue weighted by Crippen LogP contribution is -2.54. The molecule has 0 radical (unpaired) electrons. The van der Waals surface area contributed by atoms with Gasteiger partial charge in [-0.25, -0.2) is 14.5 Å². The second kappa shape index (κ2) is 8.82. The number of thiazole rings is 1. The molecular formula is C24H26N8O2S. The van der Waals surface area contributed by atoms with E-state index < -0.39 is 0 Å². The normalized spacial score (nSPS) is 15.1. The third kappa shape index (κ3) is 4.77. The summed E-state index contributed by atoms with van der Waals surface area (Å²) in [5.41, 5.74) is 4.18. The van der Waals surface area contributed by atoms with Gasteiger partial charge in [-0.2, -0.15) is 5.10 Å². The maximum Gasteiger partial charge on any atom is 0.260 e. The van der Waals surface area contributed by atoms with Crippen LogP contribution in [0.25, 0.3) is 15.3 Å². The molecule has 35 heavy (non-hydrogen) atoms. The molecule has 0 aromatic carbocycles. The predicted octanol–water partition coefficient (Wildman–Crippen LogP) is 3.40. The van der Waals surface area contributed by atoms with Gasteiger partial charge in [0, 0.05) is 36.7 Å². The number of amides is 2. The van der Waals surface area contributed by atoms with Crippen molar-refractivity contribution in [2.24, 2.45) is 5.41 Å². The number of fused-ring (bicyclic) bond motifs is 1. The standard InChI is InChI=1S/C24H26N8O2S/c1-14-17(7-25-13-27-14)20-9-32-23(35-20)18(8-28-32)22(34)30-19-5-16(6-26-15(19)2)29-21(33)10-31-11-24(3,4)12-31/h5-9,13H,10-12H2,1-4H3,(H,29,33)(H,30,34). The number of aryl methyl sites for hydroxylation is 2. The highest BCUT2D eigenvalue weighted by Crippen LogP contribution is 2.32. The molecule has 1 fully saturated rings. The molecular weight excluding hydrogens is 464 g/mol. The van der Waals surface area contributed by atoms with Crippen LogP contribution in [0.4, 0.5) is 11.4 Å². The topological polar surface area (TPSA) is 117 Å². The SMILES string of the molecule is Cc1ncc(NC(=O)CN2CC(C)(C)C2)cc1NC(=O)c1cnn2cc(-c3cncnc3C)sc12. The molecule has 1 aliphatic rings. The van der Waals surface area contributed by atoms with Crippen LogP contribution in [0.5, 0.6) is 0 Å². The lowest BCUT2D eigenvalue weighted by Gasteiger charge is -2.45. The minimum absolute atomic E-state index is 0.104. The lowest BCUT2D eigenvalue weighted by atomic mass is 9.84. The number of carbonyl (C=O) groups excluding carboxylic acids is 2. The summed E-state index contributed by atoms with van der Waals surface area (Å²) >= 11 is 1.45. The van der Waals surface area contributed by atoms with Gasteiger partial charge in [-0.3, -0.25) is 19.5 Å². The fraction of sp³-hybridized carbons (Fsp3) is 0.333. The minimum Gasteiger partial charge on any atom is -0.324 e. The number of anilines is 2. The number of pyridine rings is 1. The summed E-state index contributed by atoms with van der Waals surface area (Å²) in [5.74, 6) is -0.404. The Morgan fingerprint density at radius 1 is 1.09 bits per heavy atom. The number of hydrogen-bond acceptors (Lipinski definition) is 8. The van der Waals surface area contributed by atoms with E-state index in [9.17, 15) is 9.59 Å². The predicted molar refractivity (Wildman–Crippen MR) is 135 cm³/mol. The van der Waals surface area contributed by atoms with Crippen molar-refractivity contribution in [3.05, 3.63) is 54.1 Å². The van der Waals surface area contributed by atoms with Crippen LogP contribution in [0.15, 0.2) is 37.2 Å². The Morgan fingerprint density at radius 2 is 1.89 bits per heavy atom. The zero-order valence-electron chi connectivity index (χ0n) is 20.0. The summed E-state index contributed by atoms with van der Waals surface area (Å²) in [6.07, 6.45) is 8.27. The molecule has 1 saturated heterocycles. The molecule has 4 aromatic rings. The van der Waals surface area contributed by atoms with Crippen LogP contribution in [0, 0.1) is 19.3 Å². The zero-order chi connectivity index (χ0) is 24.7. The van der Waals surface area contributed by atoms with Gasteiger partial charge in [0.25, 0.3) is 5.91 Å². The maximum atomic E-state index is 13.1. The van der Waals surface area contributed by atoms with E-state index in [2.05, 4.69) is 49.4 Å². The van der Waals surface area contributed by atoms with Crippen molar-refractivity contribution in [2.45, 2.75) is 27.7 Å². The van der Waals surface area contributed by atoms with Gasteiger partial charge >= 0.3 is 0 Å². The zero-order valence-corrected chi connectivity index (χ0v) is 20.8. The number of aromatic nitrogens is 5. The third-order valence-electron chi connectivity index (χ3n) is 5.91. The Bertz CT molecular complexity index is 1430. The van der Waals surface area contributed by atoms with Gasteiger partial charge in [-0.1, -0.05) is 13.8 Å². The number of carbonyl (C=O) groups is 2. The van der Waals surface area contributed by atoms with Crippen molar-refractivity contribution in [1.82, 2.24) is 29.5 Å². The molecule has 0 atom stereocenters. The minimum atomic E-state index is -0.300. The van der Waals surface area contributed by atoms with E-state index in [0.717, 1.165) is 29.2 Å². The average Bonchev–Trinajstić information content (AvgIpc) is 3.36. The van der Waals surface area contributed by atoms with Crippen molar-refractivity contribution in [2.75, 3.05) is 30.3 Å². The van der Waals surface area contributed by atoms with Gasteiger partial charge < -0.3 is 10.6 Å². The molecule has 0 saturated carbocycles. The van der Waals surface area contributed by atoms with E-state index in [1.807, 2.05) is 13.1 Å². The van der Waals surface area contributed by atoms with Gasteiger partial charge in [0.05, 0.1) is 46.4 Å². The smallest absolute Gasteiger partial charge is 0.260 e. The number of nitrogens with zero attached hydrogens (tertiary/aromatic N) is 6. The number of rotatable bonds is 6. The molecule has 1 aliphatic heterocycles. The molecule has 0 spiro atoms. The van der Waals surface area contributed by atoms with Crippen LogP contribution >= 0.6 is 11.3 Å². The van der Waals surface area contributed by atoms with E-state index >= 15 is 0 Å². The van der Waals surface area contributed by atoms with Gasteiger partial charge in [0.2, 0.25) is 5.91 Å². The fourth-order valence-corrected chi connectivity index (χ4v) is 5.42. The molecule has 2 amide bonds. The second-order valence-corrected chi connectivity index (χ2v) is 10.6. The van der Waals surface area contributed by atoms with E-state index in [1.165, 1.54) is 17.7 Å². The molecule has 5 heterocycles. The van der Waals surface area contributed by atoms with Crippen LogP contribution in [0.3, 0.4) is 0 Å². The van der Waals surface area contributed by atoms with E-state index in [0.29, 0.717) is 34.0 Å². The molecule has 0 bridgehead atoms. The van der Waals surface area contributed by atoms with E-state index in [1.54, 1.807) is 36.1 Å². The average molecular weight is 491 g/mol. The number of hydrogen-bond donors (Lipinski definition) is 2. The van der Waals surface area contributed by atoms with Crippen molar-refractivity contribution in [3.63, 3.8) is 0 Å². The van der Waals surface area contributed by atoms with Gasteiger partial charge in [-0.05, 0) is 25.3 Å². The maximum absolute atomic E-state index is 13.1. The summed E-state index contributed by atoms with van der Waals surface area (Å²) in [6.45, 7) is 10.2. The number of likely N-dealkylation sites (tertiary alicyclic amines) is 1. The van der Waals surface area contributed by atoms with Crippen LogP contribution < -0.4 is 10.6 Å². The molecule has 4 aromatic heterocycles. The first kappa shape index (κ1) is 23.1. The van der Waals surface area contributed by atoms with Crippen molar-refractivity contribution >= 4 is 39.4 Å². The van der Waals surface area contributed by atoms with E-state index in [4.69, 9.17) is 0 Å². The summed E-state index contributed by atoms with van der Waals surface area (Å²) < 4.78 is 1.68. The monoisotopic (exact) mass is 490 g/mol. The van der Waals surface area contributed by atoms with Gasteiger partial charge in [-0.15, -0.1) is 11.3 Å². The van der Waals surface area contributed by atoms with Crippen LogP contribution in [-0.4, -0.2) is 60.9 Å². The molecule has 0 aliphatic carbocycles. The first-order chi connectivity index (χ1) is 16.7. The first-order valence-corrected chi connectivity index (χ1v) is 12.0. The Morgan fingerprint density at radius 3 is 2.63 bits per heavy atom. The number of nitrogens with one attached hydrogen (secondary N) is 2. The van der Waals surface area contributed by atoms with Gasteiger partial charge in [0.1, 0.15) is 11.2 Å². The Hall–Kier alpha value is -3.70. The Balaban J connectivity index is 1.31. The summed E-state index contributed by atoms with van der Waals surface area (Å²) in [5, 5.41) is 10.1. The van der Waals surface area contributed by atoms with Crippen molar-refractivity contribution in [3.8, 4) is 10.4 Å². The van der Waals surface area contributed by atoms with Crippen LogP contribution in [0.2, 0.25) is 0 Å². The molecule has 10 nitrogen and oxygen atoms in total. The highest BCUT2D eigenvalue weighted by atomic mass is 32.1. The van der Waals surface area contributed by atoms with Crippen LogP contribution in [-0.2, 0) is 4.79 Å². The molecule has 5 rings (SSSR count). The van der Waals surface area contributed by atoms with E-state index in [-0.39, 0.29) is 17.2 Å². The highest BCUT2D eigenvalue weighted by molar-refractivity contribution is 7.21. The molecule has 2 N–H and O–H groups in total. The quantitative estimate of drug-likeness (QED) is 0.425. The summed E-state index contributed by atoms with van der Waals surface area (Å²) in [6, 6.07) is 1.73. The second-order valence-electron chi connectivity index (χ2n) is 9.59. The Labute approximate surface area is 206 Å². The highest BCUT2D eigenvalue weighted by Gasteiger charge is 2.34. The van der Waals surface area contributed by atoms with Crippen molar-refractivity contribution in [1.29, 1.82) is 0 Å². The van der Waals surface area contributed by atoms with Crippen molar-refractivity contribution < 1.29 is 9.59 Å². The molecule has 0 unspecified atom stereocenters. The third-order valence-corrected chi connectivity index (χ3v) is 7.05. The summed E-state index contributed by atoms with van der Waals surface area (Å²) in [7, 11) is 0. The summed E-state index contributed by atoms with van der Waals surface area (Å²) in [4.78, 5) is 42.0. The first-order valence-electron chi connectivity index (χ1n) is 11.2. The molecule has 11 heteroatoms. The Kier molecular flexibility index (Phi) is 5.81. The van der Waals surface area contributed by atoms with Crippen LogP contribution in [0.1, 0.15) is 35.6 Å².